The normalized spacial score (nSPS) is 11.2. The first-order chi connectivity index (χ1) is 11.3. The molecule has 0 aliphatic carbocycles. The number of carbonyl (C=O) groups excluding carboxylic acids is 1. The Kier molecular flexibility index (Phi) is 6.09. The molecule has 1 amide bonds. The van der Waals surface area contributed by atoms with Crippen LogP contribution in [0.25, 0.3) is 0 Å². The van der Waals surface area contributed by atoms with Crippen LogP contribution in [0.4, 0.5) is 4.39 Å². The van der Waals surface area contributed by atoms with Crippen LogP contribution in [-0.2, 0) is 27.5 Å². The van der Waals surface area contributed by atoms with Gasteiger partial charge in [0.15, 0.2) is 9.84 Å². The number of benzene rings is 2. The molecule has 0 radical (unpaired) electrons. The Balaban J connectivity index is 1.73. The fraction of sp³-hybridized carbons (Fsp3) is 0.278. The number of amides is 1. The van der Waals surface area contributed by atoms with Gasteiger partial charge in [-0.3, -0.25) is 4.79 Å². The molecule has 128 valence electrons. The van der Waals surface area contributed by atoms with Gasteiger partial charge in [0.1, 0.15) is 5.82 Å². The Bertz CT molecular complexity index is 784. The highest BCUT2D eigenvalue weighted by Gasteiger charge is 2.06. The third-order valence-corrected chi connectivity index (χ3v) is 4.77. The van der Waals surface area contributed by atoms with E-state index in [1.807, 2.05) is 0 Å². The summed E-state index contributed by atoms with van der Waals surface area (Å²) in [6.45, 7) is 0.487. The quantitative estimate of drug-likeness (QED) is 0.835. The first kappa shape index (κ1) is 18.1. The lowest BCUT2D eigenvalue weighted by molar-refractivity contribution is -0.121. The van der Waals surface area contributed by atoms with Gasteiger partial charge in [0.05, 0.1) is 4.90 Å². The molecule has 0 heterocycles. The average Bonchev–Trinajstić information content (AvgIpc) is 2.54. The van der Waals surface area contributed by atoms with E-state index in [4.69, 9.17) is 0 Å². The van der Waals surface area contributed by atoms with Crippen molar-refractivity contribution >= 4 is 15.7 Å². The van der Waals surface area contributed by atoms with Crippen molar-refractivity contribution in [2.45, 2.75) is 24.2 Å². The molecule has 0 aliphatic rings. The van der Waals surface area contributed by atoms with E-state index in [2.05, 4.69) is 5.32 Å². The number of halogens is 1. The van der Waals surface area contributed by atoms with Crippen LogP contribution in [0.3, 0.4) is 0 Å². The summed E-state index contributed by atoms with van der Waals surface area (Å²) >= 11 is 0. The fourth-order valence-electron chi connectivity index (χ4n) is 2.25. The van der Waals surface area contributed by atoms with Gasteiger partial charge in [0.2, 0.25) is 5.91 Å². The van der Waals surface area contributed by atoms with E-state index in [9.17, 15) is 17.6 Å². The summed E-state index contributed by atoms with van der Waals surface area (Å²) in [7, 11) is -3.18. The maximum absolute atomic E-state index is 12.8. The molecule has 0 saturated carbocycles. The summed E-state index contributed by atoms with van der Waals surface area (Å²) in [4.78, 5) is 12.1. The molecule has 0 atom stereocenters. The summed E-state index contributed by atoms with van der Waals surface area (Å²) in [6, 6.07) is 12.8. The molecule has 0 aromatic heterocycles. The molecule has 0 fully saturated rings. The third-order valence-electron chi connectivity index (χ3n) is 3.64. The number of aryl methyl sites for hydroxylation is 1. The summed E-state index contributed by atoms with van der Waals surface area (Å²) in [5.41, 5.74) is 1.88. The molecule has 2 aromatic rings. The minimum atomic E-state index is -3.18. The maximum atomic E-state index is 12.8. The largest absolute Gasteiger partial charge is 0.356 e. The molecule has 0 unspecified atom stereocenters. The zero-order chi connectivity index (χ0) is 17.6. The predicted octanol–water partition coefficient (Wildman–Crippen LogP) is 2.52. The van der Waals surface area contributed by atoms with Crippen LogP contribution in [-0.4, -0.2) is 27.1 Å². The first-order valence-electron chi connectivity index (χ1n) is 7.65. The number of sulfone groups is 1. The second-order valence-electron chi connectivity index (χ2n) is 5.64. The van der Waals surface area contributed by atoms with Crippen LogP contribution in [0, 0.1) is 5.82 Å². The van der Waals surface area contributed by atoms with Crippen molar-refractivity contribution in [1.82, 2.24) is 5.32 Å². The van der Waals surface area contributed by atoms with Crippen LogP contribution in [0.1, 0.15) is 17.5 Å². The van der Waals surface area contributed by atoms with Crippen LogP contribution in [0.5, 0.6) is 0 Å². The topological polar surface area (TPSA) is 63.2 Å². The Labute approximate surface area is 141 Å². The van der Waals surface area contributed by atoms with Crippen molar-refractivity contribution in [3.05, 3.63) is 65.5 Å². The van der Waals surface area contributed by atoms with Gasteiger partial charge in [-0.15, -0.1) is 0 Å². The number of hydrogen-bond acceptors (Lipinski definition) is 3. The van der Waals surface area contributed by atoms with E-state index < -0.39 is 9.84 Å². The first-order valence-corrected chi connectivity index (χ1v) is 9.54. The Hall–Kier alpha value is -2.21. The van der Waals surface area contributed by atoms with Crippen molar-refractivity contribution in [3.63, 3.8) is 0 Å². The lowest BCUT2D eigenvalue weighted by Crippen LogP contribution is -2.25. The number of rotatable bonds is 7. The van der Waals surface area contributed by atoms with Gasteiger partial charge in [-0.1, -0.05) is 24.3 Å². The molecule has 6 heteroatoms. The molecule has 0 aliphatic heterocycles. The lowest BCUT2D eigenvalue weighted by Gasteiger charge is -2.06. The Morgan fingerprint density at radius 3 is 2.08 bits per heavy atom. The SMILES string of the molecule is CS(=O)(=O)c1ccc(CCNC(=O)CCc2ccc(F)cc2)cc1. The third kappa shape index (κ3) is 5.77. The second-order valence-corrected chi connectivity index (χ2v) is 7.66. The van der Waals surface area contributed by atoms with Gasteiger partial charge in [-0.2, -0.15) is 0 Å². The summed E-state index contributed by atoms with van der Waals surface area (Å²) in [5, 5.41) is 2.83. The fourth-order valence-corrected chi connectivity index (χ4v) is 2.88. The molecule has 0 saturated heterocycles. The van der Waals surface area contributed by atoms with Gasteiger partial charge in [0.25, 0.3) is 0 Å². The van der Waals surface area contributed by atoms with E-state index in [1.54, 1.807) is 36.4 Å². The molecular weight excluding hydrogens is 329 g/mol. The van der Waals surface area contributed by atoms with Gasteiger partial charge in [0, 0.05) is 19.2 Å². The minimum Gasteiger partial charge on any atom is -0.356 e. The van der Waals surface area contributed by atoms with E-state index in [1.165, 1.54) is 18.4 Å². The van der Waals surface area contributed by atoms with Crippen molar-refractivity contribution < 1.29 is 17.6 Å². The molecule has 0 spiro atoms. The number of nitrogens with one attached hydrogen (secondary N) is 1. The van der Waals surface area contributed by atoms with Gasteiger partial charge < -0.3 is 5.32 Å². The molecule has 2 rings (SSSR count). The molecule has 24 heavy (non-hydrogen) atoms. The summed E-state index contributed by atoms with van der Waals surface area (Å²) in [6.07, 6.45) is 2.71. The Morgan fingerprint density at radius 2 is 1.50 bits per heavy atom. The van der Waals surface area contributed by atoms with Gasteiger partial charge >= 0.3 is 0 Å². The van der Waals surface area contributed by atoms with Crippen molar-refractivity contribution in [3.8, 4) is 0 Å². The zero-order valence-electron chi connectivity index (χ0n) is 13.5. The molecule has 2 aromatic carbocycles. The summed E-state index contributed by atoms with van der Waals surface area (Å²) < 4.78 is 35.5. The van der Waals surface area contributed by atoms with E-state index in [0.29, 0.717) is 25.8 Å². The Morgan fingerprint density at radius 1 is 0.958 bits per heavy atom. The molecule has 0 bridgehead atoms. The van der Waals surface area contributed by atoms with Gasteiger partial charge in [-0.25, -0.2) is 12.8 Å². The highest BCUT2D eigenvalue weighted by Crippen LogP contribution is 2.10. The molecule has 1 N–H and O–H groups in total. The predicted molar refractivity (Wildman–Crippen MR) is 91.0 cm³/mol. The van der Waals surface area contributed by atoms with E-state index in [-0.39, 0.29) is 16.6 Å². The number of hydrogen-bond donors (Lipinski definition) is 1. The van der Waals surface area contributed by atoms with Gasteiger partial charge in [-0.05, 0) is 48.2 Å². The zero-order valence-corrected chi connectivity index (χ0v) is 14.3. The number of carbonyl (C=O) groups is 1. The van der Waals surface area contributed by atoms with Crippen molar-refractivity contribution in [2.24, 2.45) is 0 Å². The van der Waals surface area contributed by atoms with E-state index in [0.717, 1.165) is 11.1 Å². The van der Waals surface area contributed by atoms with Crippen molar-refractivity contribution in [1.29, 1.82) is 0 Å². The monoisotopic (exact) mass is 349 g/mol. The second kappa shape index (κ2) is 8.06. The van der Waals surface area contributed by atoms with Crippen LogP contribution >= 0.6 is 0 Å². The van der Waals surface area contributed by atoms with Crippen molar-refractivity contribution in [2.75, 3.05) is 12.8 Å². The van der Waals surface area contributed by atoms with Crippen LogP contribution < -0.4 is 5.32 Å². The minimum absolute atomic E-state index is 0.0629. The highest BCUT2D eigenvalue weighted by atomic mass is 32.2. The molecule has 4 nitrogen and oxygen atoms in total. The van der Waals surface area contributed by atoms with E-state index >= 15 is 0 Å². The smallest absolute Gasteiger partial charge is 0.220 e. The van der Waals surface area contributed by atoms with Crippen LogP contribution in [0.15, 0.2) is 53.4 Å². The maximum Gasteiger partial charge on any atom is 0.220 e. The van der Waals surface area contributed by atoms with Crippen LogP contribution in [0.2, 0.25) is 0 Å². The highest BCUT2D eigenvalue weighted by molar-refractivity contribution is 7.90. The lowest BCUT2D eigenvalue weighted by atomic mass is 10.1. The standard InChI is InChI=1S/C18H20FNO3S/c1-24(22,23)17-9-4-15(5-10-17)12-13-20-18(21)11-6-14-2-7-16(19)8-3-14/h2-5,7-10H,6,11-13H2,1H3,(H,20,21). The summed E-state index contributed by atoms with van der Waals surface area (Å²) in [5.74, 6) is -0.350. The molecular formula is C18H20FNO3S. The average molecular weight is 349 g/mol.